The minimum Gasteiger partial charge on any atom is -0.507 e. The maximum absolute atomic E-state index is 12.6. The van der Waals surface area contributed by atoms with Gasteiger partial charge < -0.3 is 15.7 Å². The second kappa shape index (κ2) is 4.56. The highest BCUT2D eigenvalue weighted by Crippen LogP contribution is 2.32. The summed E-state index contributed by atoms with van der Waals surface area (Å²) in [5.41, 5.74) is 9.47. The number of hydrogen-bond acceptors (Lipinski definition) is 3. The number of phenolic OH excluding ortho intramolecular Hbond substituents is 1. The first-order chi connectivity index (χ1) is 9.58. The van der Waals surface area contributed by atoms with Crippen molar-refractivity contribution in [1.29, 1.82) is 0 Å². The molecule has 2 aromatic carbocycles. The number of aryl methyl sites for hydroxylation is 1. The van der Waals surface area contributed by atoms with Crippen LogP contribution >= 0.6 is 0 Å². The lowest BCUT2D eigenvalue weighted by atomic mass is 10.1. The number of aromatic hydroxyl groups is 1. The van der Waals surface area contributed by atoms with Gasteiger partial charge in [0, 0.05) is 17.9 Å². The zero-order valence-electron chi connectivity index (χ0n) is 11.3. The van der Waals surface area contributed by atoms with Crippen molar-refractivity contribution in [2.45, 2.75) is 13.3 Å². The van der Waals surface area contributed by atoms with E-state index in [1.165, 1.54) is 0 Å². The van der Waals surface area contributed by atoms with Crippen LogP contribution in [0.5, 0.6) is 5.75 Å². The highest BCUT2D eigenvalue weighted by molar-refractivity contribution is 6.09. The molecular formula is C16H16N2O2. The van der Waals surface area contributed by atoms with Crippen molar-refractivity contribution in [3.63, 3.8) is 0 Å². The number of carbonyl (C=O) groups is 1. The molecule has 1 aliphatic rings. The maximum atomic E-state index is 12.6. The average Bonchev–Trinajstić information content (AvgIpc) is 2.84. The summed E-state index contributed by atoms with van der Waals surface area (Å²) in [5.74, 6) is -0.115. The summed E-state index contributed by atoms with van der Waals surface area (Å²) in [5, 5.41) is 10.1. The van der Waals surface area contributed by atoms with Crippen LogP contribution in [-0.4, -0.2) is 17.6 Å². The molecule has 20 heavy (non-hydrogen) atoms. The molecule has 0 radical (unpaired) electrons. The number of carbonyl (C=O) groups excluding carboxylic acids is 1. The van der Waals surface area contributed by atoms with Crippen LogP contribution in [0.25, 0.3) is 0 Å². The van der Waals surface area contributed by atoms with Crippen LogP contribution in [0.4, 0.5) is 11.4 Å². The predicted molar refractivity (Wildman–Crippen MR) is 79.1 cm³/mol. The molecule has 4 heteroatoms. The molecule has 0 bridgehead atoms. The molecule has 0 aliphatic carbocycles. The number of nitrogen functional groups attached to an aromatic ring is 1. The summed E-state index contributed by atoms with van der Waals surface area (Å²) >= 11 is 0. The SMILES string of the molecule is Cc1cccc(C(=O)N2CCc3cc(N)ccc32)c1O. The molecule has 3 rings (SSSR count). The molecular weight excluding hydrogens is 252 g/mol. The Bertz CT molecular complexity index is 695. The second-order valence-corrected chi connectivity index (χ2v) is 5.07. The van der Waals surface area contributed by atoms with Crippen molar-refractivity contribution < 1.29 is 9.90 Å². The zero-order chi connectivity index (χ0) is 14.3. The van der Waals surface area contributed by atoms with E-state index < -0.39 is 0 Å². The number of rotatable bonds is 1. The van der Waals surface area contributed by atoms with Gasteiger partial charge in [0.2, 0.25) is 0 Å². The summed E-state index contributed by atoms with van der Waals surface area (Å²) < 4.78 is 0. The number of nitrogens with two attached hydrogens (primary N) is 1. The lowest BCUT2D eigenvalue weighted by Gasteiger charge is -2.18. The van der Waals surface area contributed by atoms with Crippen LogP contribution in [0.3, 0.4) is 0 Å². The molecule has 0 spiro atoms. The van der Waals surface area contributed by atoms with Crippen LogP contribution in [0.2, 0.25) is 0 Å². The maximum Gasteiger partial charge on any atom is 0.262 e. The van der Waals surface area contributed by atoms with Crippen molar-refractivity contribution in [3.8, 4) is 5.75 Å². The Morgan fingerprint density at radius 3 is 2.90 bits per heavy atom. The van der Waals surface area contributed by atoms with Gasteiger partial charge in [0.15, 0.2) is 0 Å². The fraction of sp³-hybridized carbons (Fsp3) is 0.188. The number of nitrogens with zero attached hydrogens (tertiary/aromatic N) is 1. The average molecular weight is 268 g/mol. The van der Waals surface area contributed by atoms with E-state index in [1.54, 1.807) is 36.1 Å². The normalized spacial score (nSPS) is 13.3. The fourth-order valence-electron chi connectivity index (χ4n) is 2.61. The largest absolute Gasteiger partial charge is 0.507 e. The molecule has 1 aliphatic heterocycles. The van der Waals surface area contributed by atoms with Crippen LogP contribution < -0.4 is 10.6 Å². The van der Waals surface area contributed by atoms with Gasteiger partial charge in [0.1, 0.15) is 5.75 Å². The molecule has 0 unspecified atom stereocenters. The molecule has 1 amide bonds. The summed E-state index contributed by atoms with van der Waals surface area (Å²) in [4.78, 5) is 14.3. The summed E-state index contributed by atoms with van der Waals surface area (Å²) in [6, 6.07) is 10.8. The van der Waals surface area contributed by atoms with Crippen LogP contribution in [0.15, 0.2) is 36.4 Å². The Morgan fingerprint density at radius 2 is 2.10 bits per heavy atom. The van der Waals surface area contributed by atoms with Crippen molar-refractivity contribution >= 4 is 17.3 Å². The third-order valence-corrected chi connectivity index (χ3v) is 3.71. The first-order valence-electron chi connectivity index (χ1n) is 6.57. The third-order valence-electron chi connectivity index (χ3n) is 3.71. The number of amides is 1. The van der Waals surface area contributed by atoms with Crippen molar-refractivity contribution in [3.05, 3.63) is 53.1 Å². The van der Waals surface area contributed by atoms with Gasteiger partial charge in [-0.3, -0.25) is 4.79 Å². The fourth-order valence-corrected chi connectivity index (χ4v) is 2.61. The van der Waals surface area contributed by atoms with Gasteiger partial charge in [-0.1, -0.05) is 12.1 Å². The van der Waals surface area contributed by atoms with Crippen LogP contribution in [-0.2, 0) is 6.42 Å². The van der Waals surface area contributed by atoms with Crippen LogP contribution in [0.1, 0.15) is 21.5 Å². The number of anilines is 2. The number of para-hydroxylation sites is 1. The number of hydrogen-bond donors (Lipinski definition) is 2. The number of benzene rings is 2. The van der Waals surface area contributed by atoms with Gasteiger partial charge >= 0.3 is 0 Å². The van der Waals surface area contributed by atoms with Gasteiger partial charge in [-0.2, -0.15) is 0 Å². The topological polar surface area (TPSA) is 66.6 Å². The van der Waals surface area contributed by atoms with Gasteiger partial charge in [-0.25, -0.2) is 0 Å². The molecule has 0 aromatic heterocycles. The van der Waals surface area contributed by atoms with Gasteiger partial charge in [0.25, 0.3) is 5.91 Å². The minimum atomic E-state index is -0.172. The van der Waals surface area contributed by atoms with E-state index >= 15 is 0 Å². The van der Waals surface area contributed by atoms with E-state index in [-0.39, 0.29) is 11.7 Å². The lowest BCUT2D eigenvalue weighted by molar-refractivity contribution is 0.0986. The molecule has 4 nitrogen and oxygen atoms in total. The third kappa shape index (κ3) is 1.90. The van der Waals surface area contributed by atoms with E-state index in [9.17, 15) is 9.90 Å². The first-order valence-corrected chi connectivity index (χ1v) is 6.57. The van der Waals surface area contributed by atoms with Crippen LogP contribution in [0, 0.1) is 6.92 Å². The Kier molecular flexibility index (Phi) is 2.86. The number of fused-ring (bicyclic) bond motifs is 1. The molecule has 1 heterocycles. The van der Waals surface area contributed by atoms with E-state index in [0.717, 1.165) is 17.7 Å². The van der Waals surface area contributed by atoms with E-state index in [2.05, 4.69) is 0 Å². The summed E-state index contributed by atoms with van der Waals surface area (Å²) in [6.45, 7) is 2.40. The standard InChI is InChI=1S/C16H16N2O2/c1-10-3-2-4-13(15(10)19)16(20)18-8-7-11-9-12(17)5-6-14(11)18/h2-6,9,19H,7-8,17H2,1H3. The van der Waals surface area contributed by atoms with Gasteiger partial charge in [0.05, 0.1) is 5.56 Å². The van der Waals surface area contributed by atoms with Gasteiger partial charge in [-0.05, 0) is 48.7 Å². The Labute approximate surface area is 117 Å². The molecule has 2 aromatic rings. The number of phenols is 1. The summed E-state index contributed by atoms with van der Waals surface area (Å²) in [7, 11) is 0. The quantitative estimate of drug-likeness (QED) is 0.781. The Hall–Kier alpha value is -2.49. The first kappa shape index (κ1) is 12.5. The molecule has 0 fully saturated rings. The Morgan fingerprint density at radius 1 is 1.30 bits per heavy atom. The predicted octanol–water partition coefficient (Wildman–Crippen LogP) is 2.49. The molecule has 3 N–H and O–H groups in total. The monoisotopic (exact) mass is 268 g/mol. The van der Waals surface area contributed by atoms with Crippen molar-refractivity contribution in [2.24, 2.45) is 0 Å². The van der Waals surface area contributed by atoms with Crippen molar-refractivity contribution in [1.82, 2.24) is 0 Å². The smallest absolute Gasteiger partial charge is 0.262 e. The van der Waals surface area contributed by atoms with E-state index in [0.29, 0.717) is 23.4 Å². The zero-order valence-corrected chi connectivity index (χ0v) is 11.3. The Balaban J connectivity index is 2.00. The minimum absolute atomic E-state index is 0.0568. The van der Waals surface area contributed by atoms with E-state index in [1.807, 2.05) is 12.1 Å². The van der Waals surface area contributed by atoms with Gasteiger partial charge in [-0.15, -0.1) is 0 Å². The molecule has 102 valence electrons. The second-order valence-electron chi connectivity index (χ2n) is 5.07. The molecule has 0 atom stereocenters. The molecule has 0 saturated heterocycles. The molecule has 0 saturated carbocycles. The highest BCUT2D eigenvalue weighted by atomic mass is 16.3. The highest BCUT2D eigenvalue weighted by Gasteiger charge is 2.27. The lowest BCUT2D eigenvalue weighted by Crippen LogP contribution is -2.29. The summed E-state index contributed by atoms with van der Waals surface area (Å²) in [6.07, 6.45) is 0.790. The van der Waals surface area contributed by atoms with Crippen molar-refractivity contribution in [2.75, 3.05) is 17.2 Å². The van der Waals surface area contributed by atoms with E-state index in [4.69, 9.17) is 5.73 Å².